The number of aromatic nitrogens is 1. The number of benzene rings is 2. The molecule has 1 aromatic heterocycles. The summed E-state index contributed by atoms with van der Waals surface area (Å²) in [6.45, 7) is 2.02. The highest BCUT2D eigenvalue weighted by Gasteiger charge is 2.20. The monoisotopic (exact) mass is 386 g/mol. The van der Waals surface area contributed by atoms with Gasteiger partial charge in [-0.05, 0) is 24.5 Å². The van der Waals surface area contributed by atoms with Crippen molar-refractivity contribution in [1.29, 1.82) is 0 Å². The first-order valence-corrected chi connectivity index (χ1v) is 9.65. The van der Waals surface area contributed by atoms with E-state index < -0.39 is 11.6 Å². The molecule has 0 radical (unpaired) electrons. The van der Waals surface area contributed by atoms with E-state index >= 15 is 0 Å². The minimum absolute atomic E-state index is 0.0411. The van der Waals surface area contributed by atoms with Crippen LogP contribution >= 0.6 is 11.3 Å². The highest BCUT2D eigenvalue weighted by Crippen LogP contribution is 2.23. The normalized spacial score (nSPS) is 12.0. The third-order valence-corrected chi connectivity index (χ3v) is 5.24. The lowest BCUT2D eigenvalue weighted by Crippen LogP contribution is -2.31. The number of carbonyl (C=O) groups excluding carboxylic acids is 1. The van der Waals surface area contributed by atoms with Crippen LogP contribution in [0.4, 0.5) is 8.78 Å². The third-order valence-electron chi connectivity index (χ3n) is 4.23. The van der Waals surface area contributed by atoms with Crippen molar-refractivity contribution in [3.63, 3.8) is 0 Å². The Bertz CT molecular complexity index is 912. The number of amides is 1. The minimum Gasteiger partial charge on any atom is -0.346 e. The van der Waals surface area contributed by atoms with Gasteiger partial charge in [0.1, 0.15) is 5.01 Å². The number of carbonyl (C=O) groups is 1. The molecule has 1 amide bonds. The Kier molecular flexibility index (Phi) is 6.29. The summed E-state index contributed by atoms with van der Waals surface area (Å²) in [4.78, 5) is 17.1. The van der Waals surface area contributed by atoms with Gasteiger partial charge in [-0.25, -0.2) is 13.8 Å². The van der Waals surface area contributed by atoms with Crippen LogP contribution in [0.5, 0.6) is 0 Å². The zero-order valence-corrected chi connectivity index (χ0v) is 15.7. The highest BCUT2D eigenvalue weighted by atomic mass is 32.1. The van der Waals surface area contributed by atoms with Gasteiger partial charge in [-0.2, -0.15) is 0 Å². The number of hydrogen-bond acceptors (Lipinski definition) is 3. The number of aryl methyl sites for hydroxylation is 1. The number of nitrogens with zero attached hydrogens (tertiary/aromatic N) is 1. The Morgan fingerprint density at radius 3 is 2.63 bits per heavy atom. The Balaban J connectivity index is 1.77. The third kappa shape index (κ3) is 4.98. The molecular formula is C21H20F2N2OS. The molecule has 2 aromatic carbocycles. The molecule has 3 nitrogen and oxygen atoms in total. The molecule has 27 heavy (non-hydrogen) atoms. The van der Waals surface area contributed by atoms with E-state index in [1.54, 1.807) is 0 Å². The SMILES string of the molecule is CCc1csc([C@H](Cc2ccccc2)NC(=O)Cc2cccc(F)c2F)n1. The van der Waals surface area contributed by atoms with Crippen molar-refractivity contribution in [2.45, 2.75) is 32.2 Å². The molecule has 0 bridgehead atoms. The van der Waals surface area contributed by atoms with Crippen LogP contribution in [0.15, 0.2) is 53.9 Å². The Morgan fingerprint density at radius 1 is 1.15 bits per heavy atom. The summed E-state index contributed by atoms with van der Waals surface area (Å²) in [5, 5.41) is 5.72. The van der Waals surface area contributed by atoms with E-state index in [2.05, 4.69) is 10.3 Å². The van der Waals surface area contributed by atoms with E-state index in [0.717, 1.165) is 28.8 Å². The summed E-state index contributed by atoms with van der Waals surface area (Å²) in [7, 11) is 0. The van der Waals surface area contributed by atoms with Gasteiger partial charge in [-0.15, -0.1) is 11.3 Å². The van der Waals surface area contributed by atoms with Gasteiger partial charge in [0.15, 0.2) is 11.6 Å². The molecule has 6 heteroatoms. The zero-order valence-electron chi connectivity index (χ0n) is 14.9. The second-order valence-corrected chi connectivity index (χ2v) is 7.12. The van der Waals surface area contributed by atoms with Crippen molar-refractivity contribution in [3.8, 4) is 0 Å². The van der Waals surface area contributed by atoms with Crippen LogP contribution in [-0.2, 0) is 24.1 Å². The molecular weight excluding hydrogens is 366 g/mol. The van der Waals surface area contributed by atoms with E-state index in [9.17, 15) is 13.6 Å². The molecule has 1 heterocycles. The van der Waals surface area contributed by atoms with Crippen molar-refractivity contribution < 1.29 is 13.6 Å². The van der Waals surface area contributed by atoms with Crippen LogP contribution in [0.1, 0.15) is 34.8 Å². The molecule has 1 N–H and O–H groups in total. The fraction of sp³-hybridized carbons (Fsp3) is 0.238. The van der Waals surface area contributed by atoms with Crippen LogP contribution in [0.2, 0.25) is 0 Å². The van der Waals surface area contributed by atoms with Crippen LogP contribution < -0.4 is 5.32 Å². The molecule has 0 fully saturated rings. The summed E-state index contributed by atoms with van der Waals surface area (Å²) in [5.41, 5.74) is 2.07. The maximum absolute atomic E-state index is 13.9. The Labute approximate surface area is 161 Å². The average Bonchev–Trinajstić information content (AvgIpc) is 3.15. The van der Waals surface area contributed by atoms with Gasteiger partial charge in [0.25, 0.3) is 0 Å². The molecule has 3 aromatic rings. The van der Waals surface area contributed by atoms with Gasteiger partial charge >= 0.3 is 0 Å². The van der Waals surface area contributed by atoms with Crippen LogP contribution in [0, 0.1) is 11.6 Å². The molecule has 0 aliphatic heterocycles. The predicted octanol–water partition coefficient (Wildman–Crippen LogP) is 4.63. The van der Waals surface area contributed by atoms with Gasteiger partial charge < -0.3 is 5.32 Å². The van der Waals surface area contributed by atoms with Crippen LogP contribution in [-0.4, -0.2) is 10.9 Å². The standard InChI is InChI=1S/C21H20F2N2OS/c1-2-16-13-27-21(24-16)18(11-14-7-4-3-5-8-14)25-19(26)12-15-9-6-10-17(22)20(15)23/h3-10,13,18H,2,11-12H2,1H3,(H,25,26)/t18-/m0/s1. The van der Waals surface area contributed by atoms with Crippen molar-refractivity contribution in [3.05, 3.63) is 87.4 Å². The topological polar surface area (TPSA) is 42.0 Å². The summed E-state index contributed by atoms with van der Waals surface area (Å²) in [6, 6.07) is 13.3. The van der Waals surface area contributed by atoms with Gasteiger partial charge in [0.2, 0.25) is 5.91 Å². The van der Waals surface area contributed by atoms with E-state index in [-0.39, 0.29) is 23.9 Å². The van der Waals surface area contributed by atoms with Gasteiger partial charge in [-0.3, -0.25) is 4.79 Å². The lowest BCUT2D eigenvalue weighted by molar-refractivity contribution is -0.121. The second kappa shape index (κ2) is 8.86. The van der Waals surface area contributed by atoms with Crippen molar-refractivity contribution >= 4 is 17.2 Å². The summed E-state index contributed by atoms with van der Waals surface area (Å²) < 4.78 is 27.2. The summed E-state index contributed by atoms with van der Waals surface area (Å²) >= 11 is 1.50. The molecule has 0 saturated heterocycles. The molecule has 3 rings (SSSR count). The quantitative estimate of drug-likeness (QED) is 0.643. The average molecular weight is 386 g/mol. The largest absolute Gasteiger partial charge is 0.346 e. The molecule has 140 valence electrons. The predicted molar refractivity (Wildman–Crippen MR) is 103 cm³/mol. The first kappa shape index (κ1) is 19.2. The number of rotatable bonds is 7. The summed E-state index contributed by atoms with van der Waals surface area (Å²) in [5.74, 6) is -2.29. The number of thiazole rings is 1. The first-order valence-electron chi connectivity index (χ1n) is 8.77. The lowest BCUT2D eigenvalue weighted by atomic mass is 10.1. The number of nitrogens with one attached hydrogen (secondary N) is 1. The van der Waals surface area contributed by atoms with Crippen molar-refractivity contribution in [1.82, 2.24) is 10.3 Å². The molecule has 0 spiro atoms. The van der Waals surface area contributed by atoms with E-state index in [1.165, 1.54) is 23.5 Å². The fourth-order valence-electron chi connectivity index (χ4n) is 2.80. The van der Waals surface area contributed by atoms with Gasteiger partial charge in [0.05, 0.1) is 18.2 Å². The molecule has 0 unspecified atom stereocenters. The fourth-order valence-corrected chi connectivity index (χ4v) is 3.75. The maximum Gasteiger partial charge on any atom is 0.225 e. The Morgan fingerprint density at radius 2 is 1.93 bits per heavy atom. The van der Waals surface area contributed by atoms with E-state index in [0.29, 0.717) is 6.42 Å². The van der Waals surface area contributed by atoms with Crippen molar-refractivity contribution in [2.24, 2.45) is 0 Å². The minimum atomic E-state index is -0.977. The van der Waals surface area contributed by atoms with Crippen LogP contribution in [0.25, 0.3) is 0 Å². The first-order chi connectivity index (χ1) is 13.1. The molecule has 0 aliphatic carbocycles. The number of halogens is 2. The van der Waals surface area contributed by atoms with E-state index in [1.807, 2.05) is 42.6 Å². The molecule has 0 saturated carbocycles. The molecule has 0 aliphatic rings. The smallest absolute Gasteiger partial charge is 0.225 e. The second-order valence-electron chi connectivity index (χ2n) is 6.23. The summed E-state index contributed by atoms with van der Waals surface area (Å²) in [6.07, 6.45) is 1.17. The maximum atomic E-state index is 13.9. The highest BCUT2D eigenvalue weighted by molar-refractivity contribution is 7.09. The Hall–Kier alpha value is -2.60. The number of hydrogen-bond donors (Lipinski definition) is 1. The van der Waals surface area contributed by atoms with Gasteiger partial charge in [-0.1, -0.05) is 49.4 Å². The lowest BCUT2D eigenvalue weighted by Gasteiger charge is -2.17. The van der Waals surface area contributed by atoms with Crippen LogP contribution in [0.3, 0.4) is 0 Å². The van der Waals surface area contributed by atoms with E-state index in [4.69, 9.17) is 0 Å². The van der Waals surface area contributed by atoms with Crippen molar-refractivity contribution in [2.75, 3.05) is 0 Å². The molecule has 1 atom stereocenters. The van der Waals surface area contributed by atoms with Gasteiger partial charge in [0, 0.05) is 10.9 Å². The zero-order chi connectivity index (χ0) is 19.2.